The maximum atomic E-state index is 10.6. The molecule has 5 heteroatoms. The summed E-state index contributed by atoms with van der Waals surface area (Å²) >= 11 is 0. The van der Waals surface area contributed by atoms with Gasteiger partial charge in [-0.15, -0.1) is 0 Å². The molecule has 3 heterocycles. The van der Waals surface area contributed by atoms with E-state index in [4.69, 9.17) is 13.3 Å². The SMILES string of the molecule is O=Cc1ccc(Cc2ccoc2Cc2ccc(C=O)o2)o1. The Morgan fingerprint density at radius 2 is 1.43 bits per heavy atom. The maximum absolute atomic E-state index is 10.6. The molecule has 0 bridgehead atoms. The van der Waals surface area contributed by atoms with Crippen molar-refractivity contribution in [3.05, 3.63) is 71.0 Å². The Hall–Kier alpha value is -2.82. The van der Waals surface area contributed by atoms with Gasteiger partial charge in [-0.3, -0.25) is 9.59 Å². The first-order chi connectivity index (χ1) is 10.3. The summed E-state index contributed by atoms with van der Waals surface area (Å²) in [7, 11) is 0. The topological polar surface area (TPSA) is 73.6 Å². The second-order valence-corrected chi connectivity index (χ2v) is 4.57. The van der Waals surface area contributed by atoms with Gasteiger partial charge in [0, 0.05) is 12.0 Å². The van der Waals surface area contributed by atoms with Crippen molar-refractivity contribution >= 4 is 12.6 Å². The molecule has 0 saturated carbocycles. The Morgan fingerprint density at radius 3 is 2.00 bits per heavy atom. The molecule has 0 saturated heterocycles. The van der Waals surface area contributed by atoms with Crippen LogP contribution in [0, 0.1) is 0 Å². The van der Waals surface area contributed by atoms with E-state index in [0.29, 0.717) is 48.5 Å². The lowest BCUT2D eigenvalue weighted by molar-refractivity contribution is 0.109. The molecule has 0 N–H and O–H groups in total. The van der Waals surface area contributed by atoms with Crippen LogP contribution in [-0.2, 0) is 12.8 Å². The van der Waals surface area contributed by atoms with Crippen molar-refractivity contribution in [1.82, 2.24) is 0 Å². The van der Waals surface area contributed by atoms with Crippen LogP contribution < -0.4 is 0 Å². The third kappa shape index (κ3) is 2.86. The van der Waals surface area contributed by atoms with Crippen LogP contribution in [0.15, 0.2) is 49.8 Å². The highest BCUT2D eigenvalue weighted by atomic mass is 16.4. The van der Waals surface area contributed by atoms with E-state index >= 15 is 0 Å². The van der Waals surface area contributed by atoms with Crippen molar-refractivity contribution in [3.63, 3.8) is 0 Å². The second-order valence-electron chi connectivity index (χ2n) is 4.57. The van der Waals surface area contributed by atoms with Crippen molar-refractivity contribution in [1.29, 1.82) is 0 Å². The van der Waals surface area contributed by atoms with Gasteiger partial charge in [0.2, 0.25) is 0 Å². The Bertz CT molecular complexity index is 696. The highest BCUT2D eigenvalue weighted by Gasteiger charge is 2.12. The van der Waals surface area contributed by atoms with Crippen molar-refractivity contribution in [2.75, 3.05) is 0 Å². The van der Waals surface area contributed by atoms with Gasteiger partial charge in [0.25, 0.3) is 0 Å². The summed E-state index contributed by atoms with van der Waals surface area (Å²) in [5.74, 6) is 2.68. The normalized spacial score (nSPS) is 10.7. The van der Waals surface area contributed by atoms with Gasteiger partial charge in [0.1, 0.15) is 17.3 Å². The van der Waals surface area contributed by atoms with E-state index in [1.807, 2.05) is 6.07 Å². The van der Waals surface area contributed by atoms with Gasteiger partial charge >= 0.3 is 0 Å². The van der Waals surface area contributed by atoms with E-state index in [-0.39, 0.29) is 0 Å². The molecule has 0 aliphatic carbocycles. The summed E-state index contributed by atoms with van der Waals surface area (Å²) in [6.07, 6.45) is 3.91. The summed E-state index contributed by atoms with van der Waals surface area (Å²) in [4.78, 5) is 21.2. The molecule has 21 heavy (non-hydrogen) atoms. The molecule has 3 rings (SSSR count). The van der Waals surface area contributed by atoms with Crippen molar-refractivity contribution in [2.45, 2.75) is 12.8 Å². The maximum Gasteiger partial charge on any atom is 0.185 e. The van der Waals surface area contributed by atoms with Crippen LogP contribution in [-0.4, -0.2) is 12.6 Å². The lowest BCUT2D eigenvalue weighted by atomic mass is 10.1. The molecular formula is C16H12O5. The van der Waals surface area contributed by atoms with Gasteiger partial charge in [0.15, 0.2) is 24.1 Å². The third-order valence-corrected chi connectivity index (χ3v) is 3.13. The number of rotatable bonds is 6. The lowest BCUT2D eigenvalue weighted by Crippen LogP contribution is -1.91. The number of carbonyl (C=O) groups excluding carboxylic acids is 2. The van der Waals surface area contributed by atoms with Crippen LogP contribution in [0.5, 0.6) is 0 Å². The minimum atomic E-state index is 0.291. The van der Waals surface area contributed by atoms with Crippen molar-refractivity contribution in [3.8, 4) is 0 Å². The summed E-state index contributed by atoms with van der Waals surface area (Å²) < 4.78 is 16.1. The lowest BCUT2D eigenvalue weighted by Gasteiger charge is -1.99. The molecule has 0 aromatic carbocycles. The molecule has 0 fully saturated rings. The molecule has 0 atom stereocenters. The Kier molecular flexibility index (Phi) is 3.55. The van der Waals surface area contributed by atoms with Crippen LogP contribution in [0.25, 0.3) is 0 Å². The standard InChI is InChI=1S/C16H12O5/c17-9-14-3-1-12(20-14)7-11-5-6-19-16(11)8-13-2-4-15(10-18)21-13/h1-6,9-10H,7-8H2. The first kappa shape index (κ1) is 13.2. The van der Waals surface area contributed by atoms with E-state index < -0.39 is 0 Å². The molecule has 5 nitrogen and oxygen atoms in total. The fourth-order valence-corrected chi connectivity index (χ4v) is 2.13. The zero-order chi connectivity index (χ0) is 14.7. The van der Waals surface area contributed by atoms with E-state index in [2.05, 4.69) is 0 Å². The monoisotopic (exact) mass is 284 g/mol. The Balaban J connectivity index is 1.76. The number of furan rings is 3. The quantitative estimate of drug-likeness (QED) is 0.649. The minimum Gasteiger partial charge on any atom is -0.469 e. The summed E-state index contributed by atoms with van der Waals surface area (Å²) in [5, 5.41) is 0. The van der Waals surface area contributed by atoms with Gasteiger partial charge in [-0.1, -0.05) is 0 Å². The molecule has 3 aromatic rings. The molecule has 0 unspecified atom stereocenters. The summed E-state index contributed by atoms with van der Waals surface area (Å²) in [6.45, 7) is 0. The van der Waals surface area contributed by atoms with Gasteiger partial charge in [-0.05, 0) is 30.3 Å². The van der Waals surface area contributed by atoms with Crippen LogP contribution in [0.1, 0.15) is 44.0 Å². The van der Waals surface area contributed by atoms with Crippen LogP contribution in [0.4, 0.5) is 0 Å². The van der Waals surface area contributed by atoms with Crippen LogP contribution >= 0.6 is 0 Å². The highest BCUT2D eigenvalue weighted by molar-refractivity contribution is 5.70. The number of aldehydes is 2. The fraction of sp³-hybridized carbons (Fsp3) is 0.125. The average molecular weight is 284 g/mol. The molecule has 106 valence electrons. The average Bonchev–Trinajstić information content (AvgIpc) is 3.22. The molecule has 0 amide bonds. The van der Waals surface area contributed by atoms with Crippen molar-refractivity contribution in [2.24, 2.45) is 0 Å². The van der Waals surface area contributed by atoms with Crippen LogP contribution in [0.3, 0.4) is 0 Å². The predicted molar refractivity (Wildman–Crippen MR) is 72.5 cm³/mol. The second kappa shape index (κ2) is 5.66. The largest absolute Gasteiger partial charge is 0.469 e. The molecule has 0 radical (unpaired) electrons. The first-order valence-corrected chi connectivity index (χ1v) is 6.41. The molecule has 0 spiro atoms. The molecule has 0 aliphatic rings. The summed E-state index contributed by atoms with van der Waals surface area (Å²) in [6, 6.07) is 8.60. The van der Waals surface area contributed by atoms with Crippen LogP contribution in [0.2, 0.25) is 0 Å². The smallest absolute Gasteiger partial charge is 0.185 e. The first-order valence-electron chi connectivity index (χ1n) is 6.41. The number of hydrogen-bond acceptors (Lipinski definition) is 5. The van der Waals surface area contributed by atoms with Gasteiger partial charge in [-0.25, -0.2) is 0 Å². The fourth-order valence-electron chi connectivity index (χ4n) is 2.13. The van der Waals surface area contributed by atoms with Crippen molar-refractivity contribution < 1.29 is 22.8 Å². The molecular weight excluding hydrogens is 272 g/mol. The third-order valence-electron chi connectivity index (χ3n) is 3.13. The van der Waals surface area contributed by atoms with E-state index in [1.54, 1.807) is 30.5 Å². The Morgan fingerprint density at radius 1 is 0.810 bits per heavy atom. The van der Waals surface area contributed by atoms with E-state index in [9.17, 15) is 9.59 Å². The predicted octanol–water partition coefficient (Wildman–Crippen LogP) is 3.27. The van der Waals surface area contributed by atoms with Gasteiger partial charge in [0.05, 0.1) is 12.7 Å². The minimum absolute atomic E-state index is 0.291. The highest BCUT2D eigenvalue weighted by Crippen LogP contribution is 2.21. The number of hydrogen-bond donors (Lipinski definition) is 0. The zero-order valence-electron chi connectivity index (χ0n) is 11.1. The van der Waals surface area contributed by atoms with E-state index in [0.717, 1.165) is 11.3 Å². The molecule has 3 aromatic heterocycles. The summed E-state index contributed by atoms with van der Waals surface area (Å²) in [5.41, 5.74) is 0.950. The zero-order valence-corrected chi connectivity index (χ0v) is 11.1. The number of carbonyl (C=O) groups is 2. The van der Waals surface area contributed by atoms with Gasteiger partial charge < -0.3 is 13.3 Å². The molecule has 0 aliphatic heterocycles. The van der Waals surface area contributed by atoms with Gasteiger partial charge in [-0.2, -0.15) is 0 Å². The van der Waals surface area contributed by atoms with E-state index in [1.165, 1.54) is 0 Å². The Labute approximate surface area is 120 Å².